The number of carbonyl (C=O) groups is 1. The molecule has 0 unspecified atom stereocenters. The number of hydrogen-bond donors (Lipinski definition) is 0. The molecule has 0 aliphatic carbocycles. The highest BCUT2D eigenvalue weighted by molar-refractivity contribution is 9.18. The predicted octanol–water partition coefficient (Wildman–Crippen LogP) is 4.07. The molecule has 1 aromatic heterocycles. The summed E-state index contributed by atoms with van der Waals surface area (Å²) in [4.78, 5) is 31.1. The molecule has 5 nitrogen and oxygen atoms in total. The zero-order chi connectivity index (χ0) is 17.4. The molecule has 3 aromatic rings. The van der Waals surface area contributed by atoms with Crippen molar-refractivity contribution in [3.05, 3.63) is 82.2 Å². The van der Waals surface area contributed by atoms with Crippen molar-refractivity contribution < 1.29 is 14.0 Å². The summed E-state index contributed by atoms with van der Waals surface area (Å²) in [5.74, 6) is -0.905. The van der Waals surface area contributed by atoms with Crippen LogP contribution < -0.4 is 5.43 Å². The molecular formula is C19H12BrNO4. The Morgan fingerprint density at radius 3 is 2.56 bits per heavy atom. The van der Waals surface area contributed by atoms with Crippen LogP contribution in [0.1, 0.15) is 22.0 Å². The molecule has 25 heavy (non-hydrogen) atoms. The minimum atomic E-state index is -0.831. The number of benzene rings is 2. The van der Waals surface area contributed by atoms with Crippen molar-refractivity contribution in [3.8, 4) is 0 Å². The van der Waals surface area contributed by atoms with E-state index in [2.05, 4.69) is 21.1 Å². The number of fused-ring (bicyclic) bond motifs is 1. The van der Waals surface area contributed by atoms with Gasteiger partial charge in [0, 0.05) is 5.56 Å². The van der Waals surface area contributed by atoms with E-state index in [0.717, 1.165) is 0 Å². The summed E-state index contributed by atoms with van der Waals surface area (Å²) in [6.07, 6.45) is 0.518. The van der Waals surface area contributed by atoms with E-state index in [4.69, 9.17) is 9.25 Å². The topological polar surface area (TPSA) is 68.9 Å². The lowest BCUT2D eigenvalue weighted by Crippen LogP contribution is -2.27. The van der Waals surface area contributed by atoms with Gasteiger partial charge in [-0.15, -0.1) is 0 Å². The second-order valence-corrected chi connectivity index (χ2v) is 6.48. The van der Waals surface area contributed by atoms with Gasteiger partial charge in [0.1, 0.15) is 22.4 Å². The van der Waals surface area contributed by atoms with Gasteiger partial charge in [-0.25, -0.2) is 0 Å². The third-order valence-electron chi connectivity index (χ3n) is 4.17. The molecule has 0 saturated heterocycles. The lowest BCUT2D eigenvalue weighted by molar-refractivity contribution is 0.0521. The van der Waals surface area contributed by atoms with Gasteiger partial charge in [0.2, 0.25) is 0 Å². The Balaban J connectivity index is 1.79. The van der Waals surface area contributed by atoms with Crippen LogP contribution in [-0.2, 0) is 4.84 Å². The second kappa shape index (κ2) is 6.29. The molecule has 0 saturated carbocycles. The van der Waals surface area contributed by atoms with Gasteiger partial charge in [-0.05, 0) is 28.1 Å². The summed E-state index contributed by atoms with van der Waals surface area (Å²) >= 11 is 3.29. The molecule has 1 aliphatic rings. The van der Waals surface area contributed by atoms with Crippen LogP contribution in [0.15, 0.2) is 75.2 Å². The van der Waals surface area contributed by atoms with Crippen LogP contribution in [0.2, 0.25) is 0 Å². The van der Waals surface area contributed by atoms with E-state index in [9.17, 15) is 9.59 Å². The Morgan fingerprint density at radius 1 is 1.04 bits per heavy atom. The number of rotatable bonds is 3. The normalized spacial score (nSPS) is 19.5. The fraction of sp³-hybridized carbons (Fsp3) is 0.105. The van der Waals surface area contributed by atoms with Gasteiger partial charge in [-0.2, -0.15) is 0 Å². The van der Waals surface area contributed by atoms with Gasteiger partial charge in [-0.3, -0.25) is 9.59 Å². The fourth-order valence-electron chi connectivity index (χ4n) is 2.90. The van der Waals surface area contributed by atoms with Crippen LogP contribution in [0.25, 0.3) is 11.0 Å². The number of halogens is 1. The quantitative estimate of drug-likeness (QED) is 0.624. The molecule has 0 fully saturated rings. The lowest BCUT2D eigenvalue weighted by atomic mass is 9.90. The third-order valence-corrected chi connectivity index (χ3v) is 4.80. The molecular weight excluding hydrogens is 386 g/mol. The number of carbonyl (C=O) groups excluding carboxylic acids is 1. The Morgan fingerprint density at radius 2 is 1.76 bits per heavy atom. The zero-order valence-electron chi connectivity index (χ0n) is 12.9. The van der Waals surface area contributed by atoms with Crippen molar-refractivity contribution in [2.45, 2.75) is 6.10 Å². The first-order chi connectivity index (χ1) is 12.2. The molecule has 0 amide bonds. The molecule has 2 atom stereocenters. The van der Waals surface area contributed by atoms with Crippen molar-refractivity contribution in [2.75, 3.05) is 0 Å². The maximum absolute atomic E-state index is 12.9. The van der Waals surface area contributed by atoms with E-state index in [0.29, 0.717) is 21.2 Å². The SMILES string of the molecule is O=C(c1ccccc1)[C@H]1C(Br)=NO[C@@H]1c1coc2ccccc2c1=O. The summed E-state index contributed by atoms with van der Waals surface area (Å²) in [6.45, 7) is 0. The highest BCUT2D eigenvalue weighted by atomic mass is 79.9. The summed E-state index contributed by atoms with van der Waals surface area (Å²) in [7, 11) is 0. The summed E-state index contributed by atoms with van der Waals surface area (Å²) in [6, 6.07) is 15.8. The van der Waals surface area contributed by atoms with Gasteiger partial charge < -0.3 is 9.25 Å². The first-order valence-corrected chi connectivity index (χ1v) is 8.45. The zero-order valence-corrected chi connectivity index (χ0v) is 14.5. The van der Waals surface area contributed by atoms with Crippen LogP contribution in [0.3, 0.4) is 0 Å². The monoisotopic (exact) mass is 397 g/mol. The average molecular weight is 398 g/mol. The van der Waals surface area contributed by atoms with E-state index >= 15 is 0 Å². The van der Waals surface area contributed by atoms with E-state index in [1.165, 1.54) is 6.26 Å². The predicted molar refractivity (Wildman–Crippen MR) is 96.9 cm³/mol. The smallest absolute Gasteiger partial charge is 0.199 e. The lowest BCUT2D eigenvalue weighted by Gasteiger charge is -2.16. The van der Waals surface area contributed by atoms with Crippen molar-refractivity contribution in [2.24, 2.45) is 11.1 Å². The standard InChI is InChI=1S/C19H12BrNO4/c20-19-15(16(22)11-6-2-1-3-7-11)18(25-21-19)13-10-24-14-9-5-4-8-12(14)17(13)23/h1-10,15,18H/t15-,18-/m1/s1. The molecule has 124 valence electrons. The van der Waals surface area contributed by atoms with Crippen molar-refractivity contribution in [1.82, 2.24) is 0 Å². The number of Topliss-reactive ketones (excluding diaryl/α,β-unsaturated/α-hetero) is 1. The second-order valence-electron chi connectivity index (χ2n) is 5.66. The van der Waals surface area contributed by atoms with Crippen molar-refractivity contribution in [3.63, 3.8) is 0 Å². The fourth-order valence-corrected chi connectivity index (χ4v) is 3.43. The molecule has 4 rings (SSSR count). The Kier molecular flexibility index (Phi) is 3.97. The minimum Gasteiger partial charge on any atom is -0.464 e. The molecule has 0 bridgehead atoms. The molecule has 6 heteroatoms. The molecule has 0 N–H and O–H groups in total. The van der Waals surface area contributed by atoms with Crippen LogP contribution in [-0.4, -0.2) is 10.4 Å². The summed E-state index contributed by atoms with van der Waals surface area (Å²) in [5.41, 5.74) is 1.06. The van der Waals surface area contributed by atoms with Gasteiger partial charge in [0.25, 0.3) is 0 Å². The minimum absolute atomic E-state index is 0.175. The number of para-hydroxylation sites is 1. The first-order valence-electron chi connectivity index (χ1n) is 7.66. The van der Waals surface area contributed by atoms with Gasteiger partial charge in [0.05, 0.1) is 10.9 Å². The Labute approximate surface area is 151 Å². The maximum atomic E-state index is 12.9. The average Bonchev–Trinajstić information content (AvgIpc) is 3.03. The van der Waals surface area contributed by atoms with Crippen LogP contribution in [0.5, 0.6) is 0 Å². The van der Waals surface area contributed by atoms with Crippen molar-refractivity contribution >= 4 is 37.3 Å². The first kappa shape index (κ1) is 15.8. The number of nitrogens with zero attached hydrogens (tertiary/aromatic N) is 1. The molecule has 0 radical (unpaired) electrons. The van der Waals surface area contributed by atoms with Gasteiger partial charge in [0.15, 0.2) is 17.3 Å². The molecule has 1 aliphatic heterocycles. The molecule has 2 aromatic carbocycles. The van der Waals surface area contributed by atoms with Gasteiger partial charge >= 0.3 is 0 Å². The number of ketones is 1. The van der Waals surface area contributed by atoms with E-state index in [1.807, 2.05) is 6.07 Å². The van der Waals surface area contributed by atoms with Crippen LogP contribution in [0.4, 0.5) is 0 Å². The largest absolute Gasteiger partial charge is 0.464 e. The van der Waals surface area contributed by atoms with E-state index in [-0.39, 0.29) is 16.8 Å². The highest BCUT2D eigenvalue weighted by Gasteiger charge is 2.42. The molecule has 2 heterocycles. The van der Waals surface area contributed by atoms with Crippen LogP contribution >= 0.6 is 15.9 Å². The summed E-state index contributed by atoms with van der Waals surface area (Å²) in [5, 5.41) is 4.32. The third kappa shape index (κ3) is 2.68. The van der Waals surface area contributed by atoms with E-state index < -0.39 is 12.0 Å². The Hall–Kier alpha value is -2.73. The Bertz CT molecular complexity index is 1040. The van der Waals surface area contributed by atoms with E-state index in [1.54, 1.807) is 48.5 Å². The van der Waals surface area contributed by atoms with Crippen LogP contribution in [0, 0.1) is 5.92 Å². The molecule has 0 spiro atoms. The number of oxime groups is 1. The van der Waals surface area contributed by atoms with Crippen molar-refractivity contribution in [1.29, 1.82) is 0 Å². The highest BCUT2D eigenvalue weighted by Crippen LogP contribution is 2.36. The maximum Gasteiger partial charge on any atom is 0.199 e. The van der Waals surface area contributed by atoms with Gasteiger partial charge in [-0.1, -0.05) is 47.6 Å². The number of hydrogen-bond acceptors (Lipinski definition) is 5. The summed E-state index contributed by atoms with van der Waals surface area (Å²) < 4.78 is 5.91.